The van der Waals surface area contributed by atoms with Crippen LogP contribution in [0.4, 0.5) is 0 Å². The molecule has 0 fully saturated rings. The largest absolute Gasteiger partial charge is 0.483 e. The molecule has 1 rings (SSSR count). The molecule has 0 aliphatic rings. The number of amides is 1. The maximum absolute atomic E-state index is 11.7. The van der Waals surface area contributed by atoms with Crippen LogP contribution in [-0.4, -0.2) is 29.6 Å². The number of rotatable bonds is 9. The van der Waals surface area contributed by atoms with E-state index in [-0.39, 0.29) is 23.4 Å². The van der Waals surface area contributed by atoms with E-state index in [1.165, 1.54) is 6.07 Å². The smallest absolute Gasteiger partial charge is 0.346 e. The summed E-state index contributed by atoms with van der Waals surface area (Å²) in [6.07, 6.45) is 3.20. The van der Waals surface area contributed by atoms with Crippen LogP contribution in [0.2, 0.25) is 0 Å². The van der Waals surface area contributed by atoms with Crippen molar-refractivity contribution in [2.45, 2.75) is 46.1 Å². The summed E-state index contributed by atoms with van der Waals surface area (Å²) < 4.78 is 5.28. The van der Waals surface area contributed by atoms with Gasteiger partial charge < -0.3 is 15.2 Å². The fourth-order valence-corrected chi connectivity index (χ4v) is 2.54. The lowest BCUT2D eigenvalue weighted by atomic mass is 10.0. The number of aromatic carboxylic acids is 1. The Morgan fingerprint density at radius 3 is 2.62 bits per heavy atom. The molecular formula is C15H23NO4S. The van der Waals surface area contributed by atoms with Gasteiger partial charge in [-0.25, -0.2) is 4.79 Å². The monoisotopic (exact) mass is 313 g/mol. The van der Waals surface area contributed by atoms with Crippen molar-refractivity contribution in [3.8, 4) is 5.75 Å². The molecule has 0 aliphatic heterocycles. The van der Waals surface area contributed by atoms with Crippen LogP contribution in [0.1, 0.15) is 49.7 Å². The van der Waals surface area contributed by atoms with Gasteiger partial charge >= 0.3 is 5.97 Å². The molecule has 5 nitrogen and oxygen atoms in total. The lowest BCUT2D eigenvalue weighted by molar-refractivity contribution is -0.123. The van der Waals surface area contributed by atoms with Gasteiger partial charge in [0.25, 0.3) is 5.91 Å². The average Bonchev–Trinajstić information content (AvgIpc) is 2.84. The molecule has 1 aromatic rings. The number of thiophene rings is 1. The van der Waals surface area contributed by atoms with Gasteiger partial charge in [-0.3, -0.25) is 4.79 Å². The van der Waals surface area contributed by atoms with E-state index < -0.39 is 5.97 Å². The summed E-state index contributed by atoms with van der Waals surface area (Å²) in [6.45, 7) is 6.25. The minimum absolute atomic E-state index is 0.0929. The molecule has 21 heavy (non-hydrogen) atoms. The molecule has 0 bridgehead atoms. The first kappa shape index (κ1) is 17.5. The van der Waals surface area contributed by atoms with Crippen LogP contribution >= 0.6 is 11.3 Å². The van der Waals surface area contributed by atoms with E-state index in [0.717, 1.165) is 30.6 Å². The number of hydrogen-bond acceptors (Lipinski definition) is 4. The molecule has 6 heteroatoms. The van der Waals surface area contributed by atoms with Crippen LogP contribution in [0.25, 0.3) is 0 Å². The second-order valence-corrected chi connectivity index (χ2v) is 6.45. The summed E-state index contributed by atoms with van der Waals surface area (Å²) in [5.74, 6) is -0.0773. The van der Waals surface area contributed by atoms with Crippen molar-refractivity contribution in [2.75, 3.05) is 6.61 Å². The van der Waals surface area contributed by atoms with Crippen LogP contribution in [0.5, 0.6) is 5.75 Å². The van der Waals surface area contributed by atoms with Crippen molar-refractivity contribution in [3.05, 3.63) is 16.3 Å². The summed E-state index contributed by atoms with van der Waals surface area (Å²) in [5, 5.41) is 13.3. The maximum Gasteiger partial charge on any atom is 0.346 e. The molecule has 0 radical (unpaired) electrons. The van der Waals surface area contributed by atoms with Crippen LogP contribution in [0.3, 0.4) is 0 Å². The standard InChI is InChI=1S/C15H23NO4S/c1-10(2)5-4-6-11(3)16-14(17)8-20-12-7-13(15(18)19)21-9-12/h7,9-11H,4-6,8H2,1-3H3,(H,16,17)(H,18,19). The van der Waals surface area contributed by atoms with Crippen molar-refractivity contribution in [1.82, 2.24) is 5.32 Å². The maximum atomic E-state index is 11.7. The quantitative estimate of drug-likeness (QED) is 0.734. The lowest BCUT2D eigenvalue weighted by Crippen LogP contribution is -2.36. The van der Waals surface area contributed by atoms with Crippen molar-refractivity contribution < 1.29 is 19.4 Å². The summed E-state index contributed by atoms with van der Waals surface area (Å²) in [6, 6.07) is 1.55. The number of carbonyl (C=O) groups is 2. The Balaban J connectivity index is 2.25. The highest BCUT2D eigenvalue weighted by Gasteiger charge is 2.11. The molecule has 1 atom stereocenters. The molecule has 1 unspecified atom stereocenters. The van der Waals surface area contributed by atoms with Gasteiger partial charge in [0, 0.05) is 17.5 Å². The summed E-state index contributed by atoms with van der Waals surface area (Å²) in [4.78, 5) is 22.6. The minimum atomic E-state index is -0.988. The predicted octanol–water partition coefficient (Wildman–Crippen LogP) is 3.16. The zero-order valence-electron chi connectivity index (χ0n) is 12.7. The minimum Gasteiger partial charge on any atom is -0.483 e. The SMILES string of the molecule is CC(C)CCCC(C)NC(=O)COc1csc(C(=O)O)c1. The third kappa shape index (κ3) is 7.13. The molecule has 1 amide bonds. The molecular weight excluding hydrogens is 290 g/mol. The van der Waals surface area contributed by atoms with Crippen molar-refractivity contribution >= 4 is 23.2 Å². The van der Waals surface area contributed by atoms with E-state index in [1.54, 1.807) is 5.38 Å². The molecule has 2 N–H and O–H groups in total. The Hall–Kier alpha value is -1.56. The fourth-order valence-electron chi connectivity index (χ4n) is 1.88. The van der Waals surface area contributed by atoms with Gasteiger partial charge in [0.05, 0.1) is 0 Å². The van der Waals surface area contributed by atoms with Crippen LogP contribution < -0.4 is 10.1 Å². The molecule has 0 saturated carbocycles. The molecule has 0 saturated heterocycles. The average molecular weight is 313 g/mol. The zero-order chi connectivity index (χ0) is 15.8. The number of hydrogen-bond donors (Lipinski definition) is 2. The molecule has 1 aromatic heterocycles. The first-order chi connectivity index (χ1) is 9.88. The first-order valence-electron chi connectivity index (χ1n) is 7.12. The topological polar surface area (TPSA) is 75.6 Å². The zero-order valence-corrected chi connectivity index (χ0v) is 13.5. The Bertz CT molecular complexity index is 470. The third-order valence-electron chi connectivity index (χ3n) is 2.98. The third-order valence-corrected chi connectivity index (χ3v) is 3.88. The molecule has 1 heterocycles. The van der Waals surface area contributed by atoms with E-state index in [0.29, 0.717) is 11.7 Å². The number of carboxylic acid groups (broad SMARTS) is 1. The molecule has 0 aromatic carbocycles. The second-order valence-electron chi connectivity index (χ2n) is 5.53. The highest BCUT2D eigenvalue weighted by molar-refractivity contribution is 7.12. The van der Waals surface area contributed by atoms with E-state index in [4.69, 9.17) is 9.84 Å². The number of nitrogens with one attached hydrogen (secondary N) is 1. The molecule has 0 spiro atoms. The summed E-state index contributed by atoms with van der Waals surface area (Å²) in [7, 11) is 0. The van der Waals surface area contributed by atoms with E-state index in [1.807, 2.05) is 6.92 Å². The van der Waals surface area contributed by atoms with Crippen molar-refractivity contribution in [2.24, 2.45) is 5.92 Å². The fraction of sp³-hybridized carbons (Fsp3) is 0.600. The highest BCUT2D eigenvalue weighted by Crippen LogP contribution is 2.21. The normalized spacial score (nSPS) is 12.2. The number of ether oxygens (including phenoxy) is 1. The highest BCUT2D eigenvalue weighted by atomic mass is 32.1. The lowest BCUT2D eigenvalue weighted by Gasteiger charge is -2.14. The van der Waals surface area contributed by atoms with Crippen LogP contribution in [0, 0.1) is 5.92 Å². The molecule has 0 aliphatic carbocycles. The number of carboxylic acids is 1. The van der Waals surface area contributed by atoms with Crippen LogP contribution in [0.15, 0.2) is 11.4 Å². The van der Waals surface area contributed by atoms with Gasteiger partial charge in [-0.2, -0.15) is 0 Å². The van der Waals surface area contributed by atoms with Gasteiger partial charge in [0.1, 0.15) is 10.6 Å². The predicted molar refractivity (Wildman–Crippen MR) is 83.1 cm³/mol. The summed E-state index contributed by atoms with van der Waals surface area (Å²) >= 11 is 1.08. The Morgan fingerprint density at radius 1 is 1.33 bits per heavy atom. The Kier molecular flexibility index (Phi) is 7.22. The van der Waals surface area contributed by atoms with Gasteiger partial charge in [0.15, 0.2) is 6.61 Å². The van der Waals surface area contributed by atoms with Gasteiger partial charge in [0.2, 0.25) is 0 Å². The van der Waals surface area contributed by atoms with Crippen molar-refractivity contribution in [3.63, 3.8) is 0 Å². The van der Waals surface area contributed by atoms with Crippen molar-refractivity contribution in [1.29, 1.82) is 0 Å². The van der Waals surface area contributed by atoms with E-state index in [9.17, 15) is 9.59 Å². The second kappa shape index (κ2) is 8.67. The van der Waals surface area contributed by atoms with E-state index in [2.05, 4.69) is 19.2 Å². The summed E-state index contributed by atoms with van der Waals surface area (Å²) in [5.41, 5.74) is 0. The van der Waals surface area contributed by atoms with E-state index >= 15 is 0 Å². The van der Waals surface area contributed by atoms with Gasteiger partial charge in [-0.15, -0.1) is 11.3 Å². The first-order valence-corrected chi connectivity index (χ1v) is 8.00. The number of carbonyl (C=O) groups excluding carboxylic acids is 1. The van der Waals surface area contributed by atoms with Crippen LogP contribution in [-0.2, 0) is 4.79 Å². The Labute approximate surface area is 129 Å². The van der Waals surface area contributed by atoms with Gasteiger partial charge in [-0.05, 0) is 19.3 Å². The van der Waals surface area contributed by atoms with Gasteiger partial charge in [-0.1, -0.05) is 26.7 Å². The Morgan fingerprint density at radius 2 is 2.05 bits per heavy atom. The molecule has 118 valence electrons.